The lowest BCUT2D eigenvalue weighted by Crippen LogP contribution is -2.35. The van der Waals surface area contributed by atoms with E-state index in [0.29, 0.717) is 23.9 Å². The first kappa shape index (κ1) is 23.6. The highest BCUT2D eigenvalue weighted by atomic mass is 19.3. The monoisotopic (exact) mass is 470 g/mol. The molecular formula is C24H28F2N6O2. The van der Waals surface area contributed by atoms with Crippen LogP contribution in [0.15, 0.2) is 36.5 Å². The third-order valence-electron chi connectivity index (χ3n) is 5.69. The number of aryl methyl sites for hydroxylation is 1. The summed E-state index contributed by atoms with van der Waals surface area (Å²) in [6, 6.07) is 8.98. The number of ether oxygens (including phenoxy) is 1. The standard InChI is InChI=1S/C24H28F2N6O2/c1-14(17-5-4-6-19(9-17)34-13-22(25)26)28-24-20-10-23(27-11-21(20)29-15(2)30-24)32-8-7-18(12-32)31-16(3)33/h4-6,9-11,14,18,22H,7-8,12-13H2,1-3H3,(H,31,33)(H,28,29,30)/t14-,18-/m1/s1. The van der Waals surface area contributed by atoms with Crippen LogP contribution in [-0.4, -0.2) is 53.0 Å². The molecule has 1 amide bonds. The molecule has 0 spiro atoms. The number of carbonyl (C=O) groups is 1. The number of pyridine rings is 1. The van der Waals surface area contributed by atoms with E-state index in [0.717, 1.165) is 35.2 Å². The number of amides is 1. The van der Waals surface area contributed by atoms with Crippen LogP contribution in [0.3, 0.4) is 0 Å². The Kier molecular flexibility index (Phi) is 7.04. The molecule has 0 aliphatic carbocycles. The van der Waals surface area contributed by atoms with Gasteiger partial charge >= 0.3 is 0 Å². The van der Waals surface area contributed by atoms with Crippen LogP contribution in [-0.2, 0) is 4.79 Å². The van der Waals surface area contributed by atoms with E-state index in [1.54, 1.807) is 24.4 Å². The number of halogens is 2. The largest absolute Gasteiger partial charge is 0.488 e. The second kappa shape index (κ2) is 10.1. The highest BCUT2D eigenvalue weighted by molar-refractivity contribution is 5.90. The van der Waals surface area contributed by atoms with Gasteiger partial charge in [-0.25, -0.2) is 23.7 Å². The third kappa shape index (κ3) is 5.67. The third-order valence-corrected chi connectivity index (χ3v) is 5.69. The zero-order chi connectivity index (χ0) is 24.2. The van der Waals surface area contributed by atoms with E-state index in [1.807, 2.05) is 26.0 Å². The normalized spacial score (nSPS) is 16.6. The molecule has 1 saturated heterocycles. The molecule has 0 radical (unpaired) electrons. The Morgan fingerprint density at radius 3 is 2.88 bits per heavy atom. The van der Waals surface area contributed by atoms with Gasteiger partial charge in [0.2, 0.25) is 5.91 Å². The van der Waals surface area contributed by atoms with Gasteiger partial charge in [-0.2, -0.15) is 0 Å². The summed E-state index contributed by atoms with van der Waals surface area (Å²) in [6.07, 6.45) is 0.0664. The van der Waals surface area contributed by atoms with Gasteiger partial charge in [-0.1, -0.05) is 12.1 Å². The van der Waals surface area contributed by atoms with Crippen molar-refractivity contribution in [2.24, 2.45) is 0 Å². The highest BCUT2D eigenvalue weighted by Gasteiger charge is 2.24. The first-order valence-electron chi connectivity index (χ1n) is 11.2. The molecule has 10 heteroatoms. The lowest BCUT2D eigenvalue weighted by Gasteiger charge is -2.20. The number of nitrogens with one attached hydrogen (secondary N) is 2. The fourth-order valence-electron chi connectivity index (χ4n) is 4.12. The van der Waals surface area contributed by atoms with Gasteiger partial charge in [0.15, 0.2) is 0 Å². The second-order valence-electron chi connectivity index (χ2n) is 8.45. The van der Waals surface area contributed by atoms with E-state index in [-0.39, 0.29) is 18.0 Å². The molecule has 34 heavy (non-hydrogen) atoms. The Labute approximate surface area is 196 Å². The number of rotatable bonds is 8. The lowest BCUT2D eigenvalue weighted by atomic mass is 10.1. The molecule has 2 atom stereocenters. The van der Waals surface area contributed by atoms with Crippen molar-refractivity contribution in [2.75, 3.05) is 29.9 Å². The van der Waals surface area contributed by atoms with Crippen LogP contribution < -0.4 is 20.3 Å². The van der Waals surface area contributed by atoms with Crippen LogP contribution in [0, 0.1) is 6.92 Å². The van der Waals surface area contributed by atoms with Gasteiger partial charge in [0, 0.05) is 31.4 Å². The molecule has 1 aliphatic heterocycles. The molecule has 0 bridgehead atoms. The average molecular weight is 471 g/mol. The molecule has 1 aliphatic rings. The number of aromatic nitrogens is 3. The number of fused-ring (bicyclic) bond motifs is 1. The van der Waals surface area contributed by atoms with Crippen LogP contribution in [0.5, 0.6) is 5.75 Å². The van der Waals surface area contributed by atoms with Gasteiger partial charge in [0.25, 0.3) is 6.43 Å². The molecule has 1 fully saturated rings. The van der Waals surface area contributed by atoms with Gasteiger partial charge < -0.3 is 20.3 Å². The predicted octanol–water partition coefficient (Wildman–Crippen LogP) is 3.87. The van der Waals surface area contributed by atoms with E-state index >= 15 is 0 Å². The minimum Gasteiger partial charge on any atom is -0.488 e. The molecule has 8 nitrogen and oxygen atoms in total. The quantitative estimate of drug-likeness (QED) is 0.516. The van der Waals surface area contributed by atoms with E-state index in [9.17, 15) is 13.6 Å². The maximum atomic E-state index is 12.5. The number of carbonyl (C=O) groups excluding carboxylic acids is 1. The first-order valence-corrected chi connectivity index (χ1v) is 11.2. The Morgan fingerprint density at radius 1 is 1.29 bits per heavy atom. The summed E-state index contributed by atoms with van der Waals surface area (Å²) in [5.41, 5.74) is 1.60. The number of anilines is 2. The average Bonchev–Trinajstić information content (AvgIpc) is 3.25. The Hall–Kier alpha value is -3.56. The highest BCUT2D eigenvalue weighted by Crippen LogP contribution is 2.29. The summed E-state index contributed by atoms with van der Waals surface area (Å²) in [7, 11) is 0. The van der Waals surface area contributed by atoms with E-state index in [4.69, 9.17) is 4.74 Å². The minimum atomic E-state index is -2.53. The van der Waals surface area contributed by atoms with Gasteiger partial charge in [-0.05, 0) is 44.0 Å². The zero-order valence-electron chi connectivity index (χ0n) is 19.4. The molecule has 3 heterocycles. The van der Waals surface area contributed by atoms with Crippen molar-refractivity contribution < 1.29 is 18.3 Å². The van der Waals surface area contributed by atoms with Crippen LogP contribution in [0.4, 0.5) is 20.4 Å². The molecule has 0 unspecified atom stereocenters. The summed E-state index contributed by atoms with van der Waals surface area (Å²) in [4.78, 5) is 27.2. The molecule has 3 aromatic rings. The van der Waals surface area contributed by atoms with E-state index < -0.39 is 13.0 Å². The number of nitrogens with zero attached hydrogens (tertiary/aromatic N) is 4. The molecule has 0 saturated carbocycles. The number of hydrogen-bond acceptors (Lipinski definition) is 7. The SMILES string of the molecule is CC(=O)N[C@@H]1CCN(c2cc3c(N[C@H](C)c4cccc(OCC(F)F)c4)nc(C)nc3cn2)C1. The van der Waals surface area contributed by atoms with Crippen LogP contribution in [0.2, 0.25) is 0 Å². The predicted molar refractivity (Wildman–Crippen MR) is 126 cm³/mol. The van der Waals surface area contributed by atoms with Gasteiger partial charge in [-0.3, -0.25) is 4.79 Å². The van der Waals surface area contributed by atoms with Gasteiger partial charge in [0.05, 0.1) is 17.8 Å². The summed E-state index contributed by atoms with van der Waals surface area (Å²) in [5.74, 6) is 2.43. The molecule has 1 aromatic carbocycles. The fourth-order valence-corrected chi connectivity index (χ4v) is 4.12. The smallest absolute Gasteiger partial charge is 0.272 e. The molecule has 4 rings (SSSR count). The van der Waals surface area contributed by atoms with Crippen molar-refractivity contribution in [2.45, 2.75) is 45.7 Å². The molecule has 180 valence electrons. The van der Waals surface area contributed by atoms with Gasteiger partial charge in [0.1, 0.15) is 29.8 Å². The minimum absolute atomic E-state index is 0.0358. The van der Waals surface area contributed by atoms with Crippen molar-refractivity contribution in [3.63, 3.8) is 0 Å². The van der Waals surface area contributed by atoms with E-state index in [1.165, 1.54) is 6.92 Å². The second-order valence-corrected chi connectivity index (χ2v) is 8.45. The van der Waals surface area contributed by atoms with Crippen molar-refractivity contribution in [3.05, 3.63) is 47.9 Å². The lowest BCUT2D eigenvalue weighted by molar-refractivity contribution is -0.119. The van der Waals surface area contributed by atoms with Crippen LogP contribution in [0.1, 0.15) is 37.7 Å². The van der Waals surface area contributed by atoms with E-state index in [2.05, 4.69) is 30.5 Å². The Morgan fingerprint density at radius 2 is 2.12 bits per heavy atom. The molecule has 2 aromatic heterocycles. The topological polar surface area (TPSA) is 92.3 Å². The number of hydrogen-bond donors (Lipinski definition) is 2. The van der Waals surface area contributed by atoms with Crippen molar-refractivity contribution in [1.29, 1.82) is 0 Å². The summed E-state index contributed by atoms with van der Waals surface area (Å²) in [6.45, 7) is 6.15. The molecular weight excluding hydrogens is 442 g/mol. The van der Waals surface area contributed by atoms with Gasteiger partial charge in [-0.15, -0.1) is 0 Å². The Balaban J connectivity index is 1.57. The van der Waals surface area contributed by atoms with Crippen LogP contribution in [0.25, 0.3) is 10.9 Å². The fraction of sp³-hybridized carbons (Fsp3) is 0.417. The maximum Gasteiger partial charge on any atom is 0.272 e. The van der Waals surface area contributed by atoms with Crippen molar-refractivity contribution in [1.82, 2.24) is 20.3 Å². The summed E-state index contributed by atoms with van der Waals surface area (Å²) < 4.78 is 30.2. The summed E-state index contributed by atoms with van der Waals surface area (Å²) >= 11 is 0. The Bertz CT molecular complexity index is 1180. The first-order chi connectivity index (χ1) is 16.3. The van der Waals surface area contributed by atoms with Crippen LogP contribution >= 0.6 is 0 Å². The van der Waals surface area contributed by atoms with Crippen molar-refractivity contribution in [3.8, 4) is 5.75 Å². The molecule has 2 N–H and O–H groups in total. The number of alkyl halides is 2. The van der Waals surface area contributed by atoms with Crippen molar-refractivity contribution >= 4 is 28.4 Å². The summed E-state index contributed by atoms with van der Waals surface area (Å²) in [5, 5.41) is 7.22. The number of benzene rings is 1. The zero-order valence-corrected chi connectivity index (χ0v) is 19.4. The maximum absolute atomic E-state index is 12.5.